The summed E-state index contributed by atoms with van der Waals surface area (Å²) >= 11 is 5.78. The second-order valence-electron chi connectivity index (χ2n) is 5.25. The monoisotopic (exact) mass is 335 g/mol. The third-order valence-electron chi connectivity index (χ3n) is 3.70. The number of aryl methyl sites for hydroxylation is 1. The van der Waals surface area contributed by atoms with Gasteiger partial charge in [0.1, 0.15) is 6.07 Å². The lowest BCUT2D eigenvalue weighted by Crippen LogP contribution is -1.94. The number of rotatable bonds is 2. The summed E-state index contributed by atoms with van der Waals surface area (Å²) in [5.41, 5.74) is 4.63. The van der Waals surface area contributed by atoms with E-state index in [9.17, 15) is 5.26 Å². The lowest BCUT2D eigenvalue weighted by molar-refractivity contribution is 0.768. The van der Waals surface area contributed by atoms with Crippen molar-refractivity contribution in [2.75, 3.05) is 0 Å². The van der Waals surface area contributed by atoms with Crippen molar-refractivity contribution in [3.8, 4) is 28.3 Å². The van der Waals surface area contributed by atoms with E-state index in [1.165, 1.54) is 0 Å². The van der Waals surface area contributed by atoms with E-state index in [1.807, 2.05) is 25.5 Å². The maximum atomic E-state index is 9.36. The predicted molar refractivity (Wildman–Crippen MR) is 88.1 cm³/mol. The average Bonchev–Trinajstić information content (AvgIpc) is 3.20. The second-order valence-corrected chi connectivity index (χ2v) is 5.59. The van der Waals surface area contributed by atoms with Crippen LogP contribution in [0.4, 0.5) is 0 Å². The number of nitrogens with zero attached hydrogens (tertiary/aromatic N) is 7. The van der Waals surface area contributed by atoms with E-state index >= 15 is 0 Å². The Balaban J connectivity index is 2.02. The molecule has 24 heavy (non-hydrogen) atoms. The van der Waals surface area contributed by atoms with Gasteiger partial charge in [-0.3, -0.25) is 4.68 Å². The van der Waals surface area contributed by atoms with Crippen LogP contribution in [-0.4, -0.2) is 29.4 Å². The quantitative estimate of drug-likeness (QED) is 0.526. The highest BCUT2D eigenvalue weighted by atomic mass is 35.5. The molecule has 0 aliphatic rings. The summed E-state index contributed by atoms with van der Waals surface area (Å²) in [6.45, 7) is 0. The molecule has 4 rings (SSSR count). The van der Waals surface area contributed by atoms with Gasteiger partial charge < -0.3 is 0 Å². The Kier molecular flexibility index (Phi) is 3.25. The molecule has 0 amide bonds. The molecule has 0 atom stereocenters. The van der Waals surface area contributed by atoms with Gasteiger partial charge in [0.25, 0.3) is 0 Å². The van der Waals surface area contributed by atoms with Gasteiger partial charge in [0.2, 0.25) is 5.28 Å². The van der Waals surface area contributed by atoms with E-state index in [0.29, 0.717) is 11.1 Å². The van der Waals surface area contributed by atoms with Crippen LogP contribution in [0.2, 0.25) is 5.28 Å². The molecule has 0 spiro atoms. The highest BCUT2D eigenvalue weighted by molar-refractivity contribution is 6.28. The fourth-order valence-electron chi connectivity index (χ4n) is 2.60. The Hall–Kier alpha value is -3.24. The smallest absolute Gasteiger partial charge is 0.222 e. The van der Waals surface area contributed by atoms with Gasteiger partial charge in [0.15, 0.2) is 0 Å². The predicted octanol–water partition coefficient (Wildman–Crippen LogP) is 2.72. The molecule has 4 aromatic heterocycles. The number of hydrogen-bond donors (Lipinski definition) is 0. The minimum Gasteiger partial charge on any atom is -0.275 e. The lowest BCUT2D eigenvalue weighted by Gasteiger charge is -2.08. The molecule has 0 aliphatic carbocycles. The maximum Gasteiger partial charge on any atom is 0.222 e. The highest BCUT2D eigenvalue weighted by Gasteiger charge is 2.14. The van der Waals surface area contributed by atoms with E-state index in [1.54, 1.807) is 34.0 Å². The van der Waals surface area contributed by atoms with Crippen LogP contribution in [0.3, 0.4) is 0 Å². The Morgan fingerprint density at radius 2 is 1.79 bits per heavy atom. The Bertz CT molecular complexity index is 1090. The van der Waals surface area contributed by atoms with Crippen molar-refractivity contribution in [3.05, 3.63) is 54.1 Å². The highest BCUT2D eigenvalue weighted by Crippen LogP contribution is 2.31. The van der Waals surface area contributed by atoms with Gasteiger partial charge in [0.05, 0.1) is 23.5 Å². The Morgan fingerprint density at radius 3 is 2.46 bits per heavy atom. The van der Waals surface area contributed by atoms with Crippen molar-refractivity contribution in [1.82, 2.24) is 29.4 Å². The first kappa shape index (κ1) is 14.4. The van der Waals surface area contributed by atoms with Crippen molar-refractivity contribution in [2.24, 2.45) is 7.05 Å². The minimum atomic E-state index is 0.173. The molecular formula is C16H10ClN7. The van der Waals surface area contributed by atoms with Gasteiger partial charge in [-0.15, -0.1) is 0 Å². The molecule has 4 heterocycles. The Labute approximate surface area is 141 Å². The molecule has 0 fully saturated rings. The molecular weight excluding hydrogens is 326 g/mol. The number of nitriles is 1. The van der Waals surface area contributed by atoms with Crippen LogP contribution in [0.5, 0.6) is 0 Å². The van der Waals surface area contributed by atoms with Gasteiger partial charge in [-0.2, -0.15) is 15.5 Å². The normalized spacial score (nSPS) is 10.9. The van der Waals surface area contributed by atoms with E-state index in [0.717, 1.165) is 22.3 Å². The molecule has 0 aromatic carbocycles. The fourth-order valence-corrected chi connectivity index (χ4v) is 2.70. The van der Waals surface area contributed by atoms with E-state index in [-0.39, 0.29) is 5.28 Å². The number of halogens is 1. The van der Waals surface area contributed by atoms with Crippen molar-refractivity contribution in [2.45, 2.75) is 0 Å². The zero-order chi connectivity index (χ0) is 16.7. The van der Waals surface area contributed by atoms with Crippen LogP contribution >= 0.6 is 11.6 Å². The zero-order valence-electron chi connectivity index (χ0n) is 12.5. The summed E-state index contributed by atoms with van der Waals surface area (Å²) in [5, 5.41) is 18.0. The third kappa shape index (κ3) is 2.30. The summed E-state index contributed by atoms with van der Waals surface area (Å²) in [5.74, 6) is 0. The van der Waals surface area contributed by atoms with Gasteiger partial charge in [-0.25, -0.2) is 14.5 Å². The summed E-state index contributed by atoms with van der Waals surface area (Å²) in [4.78, 5) is 8.07. The van der Waals surface area contributed by atoms with E-state index < -0.39 is 0 Å². The number of hydrogen-bond acceptors (Lipinski definition) is 5. The molecule has 8 heteroatoms. The topological polar surface area (TPSA) is 84.7 Å². The van der Waals surface area contributed by atoms with Crippen LogP contribution in [0.1, 0.15) is 5.56 Å². The van der Waals surface area contributed by atoms with Crippen LogP contribution in [0.25, 0.3) is 27.8 Å². The Morgan fingerprint density at radius 1 is 1.00 bits per heavy atom. The second kappa shape index (κ2) is 5.44. The van der Waals surface area contributed by atoms with Crippen LogP contribution in [0, 0.1) is 11.3 Å². The number of aromatic nitrogens is 6. The molecule has 0 bridgehead atoms. The molecule has 0 saturated heterocycles. The molecule has 0 saturated carbocycles. The molecule has 7 nitrogen and oxygen atoms in total. The lowest BCUT2D eigenvalue weighted by atomic mass is 10.0. The summed E-state index contributed by atoms with van der Waals surface area (Å²) in [7, 11) is 1.86. The van der Waals surface area contributed by atoms with E-state index in [2.05, 4.69) is 26.2 Å². The largest absolute Gasteiger partial charge is 0.275 e. The summed E-state index contributed by atoms with van der Waals surface area (Å²) < 4.78 is 3.42. The molecule has 116 valence electrons. The molecule has 0 N–H and O–H groups in total. The van der Waals surface area contributed by atoms with Gasteiger partial charge in [-0.1, -0.05) is 0 Å². The van der Waals surface area contributed by atoms with Crippen LogP contribution < -0.4 is 0 Å². The molecule has 0 aliphatic heterocycles. The zero-order valence-corrected chi connectivity index (χ0v) is 13.3. The maximum absolute atomic E-state index is 9.36. The first-order valence-electron chi connectivity index (χ1n) is 7.04. The standard InChI is InChI=1S/C16H10ClN7/c1-23-8-13(7-21-23)10-2-14(12-4-19-16(17)20-5-12)15-11(3-18)6-22-24(15)9-10/h2,4-9H,1H3. The first-order chi connectivity index (χ1) is 11.7. The van der Waals surface area contributed by atoms with E-state index in [4.69, 9.17) is 11.6 Å². The SMILES string of the molecule is Cn1cc(-c2cc(-c3cnc(Cl)nc3)c3c(C#N)cnn3c2)cn1. The van der Waals surface area contributed by atoms with Crippen molar-refractivity contribution < 1.29 is 0 Å². The van der Waals surface area contributed by atoms with Crippen LogP contribution in [0.15, 0.2) is 43.2 Å². The number of fused-ring (bicyclic) bond motifs is 1. The first-order valence-corrected chi connectivity index (χ1v) is 7.42. The van der Waals surface area contributed by atoms with Crippen LogP contribution in [-0.2, 0) is 7.05 Å². The van der Waals surface area contributed by atoms with Crippen molar-refractivity contribution >= 4 is 17.1 Å². The molecule has 0 unspecified atom stereocenters. The number of pyridine rings is 1. The minimum absolute atomic E-state index is 0.173. The van der Waals surface area contributed by atoms with Gasteiger partial charge in [-0.05, 0) is 17.7 Å². The summed E-state index contributed by atoms with van der Waals surface area (Å²) in [6, 6.07) is 4.14. The molecule has 0 radical (unpaired) electrons. The molecule has 4 aromatic rings. The van der Waals surface area contributed by atoms with Gasteiger partial charge >= 0.3 is 0 Å². The summed E-state index contributed by atoms with van der Waals surface area (Å²) in [6.07, 6.45) is 10.4. The third-order valence-corrected chi connectivity index (χ3v) is 3.90. The van der Waals surface area contributed by atoms with Crippen molar-refractivity contribution in [1.29, 1.82) is 5.26 Å². The average molecular weight is 336 g/mol. The van der Waals surface area contributed by atoms with Crippen molar-refractivity contribution in [3.63, 3.8) is 0 Å². The van der Waals surface area contributed by atoms with Gasteiger partial charge in [0, 0.05) is 54.1 Å². The fraction of sp³-hybridized carbons (Fsp3) is 0.0625.